The molecule has 1 aromatic heterocycles. The number of sulfonamides is 1. The summed E-state index contributed by atoms with van der Waals surface area (Å²) in [6.07, 6.45) is 0. The summed E-state index contributed by atoms with van der Waals surface area (Å²) < 4.78 is 26.2. The van der Waals surface area contributed by atoms with Crippen molar-refractivity contribution in [2.45, 2.75) is 11.1 Å². The van der Waals surface area contributed by atoms with Gasteiger partial charge in [-0.1, -0.05) is 22.9 Å². The highest BCUT2D eigenvalue weighted by molar-refractivity contribution is 7.91. The fraction of sp³-hybridized carbons (Fsp3) is 0.667. The first-order chi connectivity index (χ1) is 7.75. The maximum Gasteiger partial charge on any atom is 0.254 e. The molecule has 98 valence electrons. The minimum atomic E-state index is -3.47. The van der Waals surface area contributed by atoms with Crippen molar-refractivity contribution in [3.05, 3.63) is 10.2 Å². The highest BCUT2D eigenvalue weighted by Gasteiger charge is 2.26. The highest BCUT2D eigenvalue weighted by Crippen LogP contribution is 2.28. The van der Waals surface area contributed by atoms with Crippen LogP contribution in [0.2, 0.25) is 4.47 Å². The summed E-state index contributed by atoms with van der Waals surface area (Å²) in [6.45, 7) is 2.75. The van der Waals surface area contributed by atoms with Gasteiger partial charge in [0.2, 0.25) is 0 Å². The monoisotopic (exact) mass is 297 g/mol. The van der Waals surface area contributed by atoms with Crippen LogP contribution in [0.5, 0.6) is 0 Å². The Morgan fingerprint density at radius 1 is 1.29 bits per heavy atom. The summed E-state index contributed by atoms with van der Waals surface area (Å²) in [7, 11) is 1.89. The van der Waals surface area contributed by atoms with Gasteiger partial charge >= 0.3 is 0 Å². The van der Waals surface area contributed by atoms with Crippen LogP contribution in [-0.2, 0) is 10.0 Å². The molecule has 17 heavy (non-hydrogen) atoms. The molecular weight excluding hydrogens is 282 g/mol. The molecule has 0 fully saturated rings. The fourth-order valence-corrected chi connectivity index (χ4v) is 4.28. The average molecular weight is 298 g/mol. The number of aromatic nitrogens is 1. The summed E-state index contributed by atoms with van der Waals surface area (Å²) in [5.41, 5.74) is 0.455. The van der Waals surface area contributed by atoms with Crippen molar-refractivity contribution in [3.63, 3.8) is 0 Å². The molecule has 8 heteroatoms. The lowest BCUT2D eigenvalue weighted by atomic mass is 10.6. The normalized spacial score (nSPS) is 12.6. The van der Waals surface area contributed by atoms with Gasteiger partial charge in [0.1, 0.15) is 0 Å². The van der Waals surface area contributed by atoms with Crippen molar-refractivity contribution in [3.8, 4) is 0 Å². The molecule has 1 heterocycles. The Hall–Kier alpha value is -0.210. The van der Waals surface area contributed by atoms with E-state index in [1.54, 1.807) is 14.0 Å². The van der Waals surface area contributed by atoms with Gasteiger partial charge in [0.05, 0.1) is 5.69 Å². The summed E-state index contributed by atoms with van der Waals surface area (Å²) in [4.78, 5) is 5.85. The molecule has 0 spiro atoms. The van der Waals surface area contributed by atoms with Crippen LogP contribution >= 0.6 is 22.9 Å². The van der Waals surface area contributed by atoms with Gasteiger partial charge < -0.3 is 4.90 Å². The van der Waals surface area contributed by atoms with Crippen LogP contribution in [0.15, 0.2) is 4.21 Å². The molecule has 0 saturated carbocycles. The van der Waals surface area contributed by atoms with Gasteiger partial charge in [-0.15, -0.1) is 0 Å². The lowest BCUT2D eigenvalue weighted by Crippen LogP contribution is -2.33. The van der Waals surface area contributed by atoms with Crippen LogP contribution in [0.1, 0.15) is 5.69 Å². The van der Waals surface area contributed by atoms with Crippen LogP contribution in [-0.4, -0.2) is 56.8 Å². The van der Waals surface area contributed by atoms with Gasteiger partial charge in [-0.2, -0.15) is 4.31 Å². The Bertz CT molecular complexity index is 484. The standard InChI is InChI=1S/C9H16ClN3O2S2/c1-7-8(16-9(10)11-7)17(14,15)13(4)6-5-12(2)3/h5-6H2,1-4H3. The first kappa shape index (κ1) is 14.8. The van der Waals surface area contributed by atoms with E-state index in [-0.39, 0.29) is 8.68 Å². The SMILES string of the molecule is Cc1nc(Cl)sc1S(=O)(=O)N(C)CCN(C)C. The highest BCUT2D eigenvalue weighted by atomic mass is 35.5. The van der Waals surface area contributed by atoms with Gasteiger partial charge in [0, 0.05) is 20.1 Å². The van der Waals surface area contributed by atoms with E-state index < -0.39 is 10.0 Å². The van der Waals surface area contributed by atoms with E-state index in [9.17, 15) is 8.42 Å². The molecule has 1 aromatic rings. The van der Waals surface area contributed by atoms with Crippen molar-refractivity contribution in [1.29, 1.82) is 0 Å². The number of rotatable bonds is 5. The molecule has 0 saturated heterocycles. The number of halogens is 1. The lowest BCUT2D eigenvalue weighted by molar-refractivity contribution is 0.358. The Balaban J connectivity index is 2.91. The van der Waals surface area contributed by atoms with E-state index in [0.29, 0.717) is 18.8 Å². The zero-order valence-corrected chi connectivity index (χ0v) is 12.7. The van der Waals surface area contributed by atoms with E-state index in [4.69, 9.17) is 11.6 Å². The molecule has 0 aliphatic carbocycles. The number of aryl methyl sites for hydroxylation is 1. The number of thiazole rings is 1. The van der Waals surface area contributed by atoms with Crippen LogP contribution in [0.25, 0.3) is 0 Å². The van der Waals surface area contributed by atoms with Crippen molar-refractivity contribution in [2.24, 2.45) is 0 Å². The second-order valence-corrected chi connectivity index (χ2v) is 7.79. The van der Waals surface area contributed by atoms with Gasteiger partial charge in [0.15, 0.2) is 8.68 Å². The lowest BCUT2D eigenvalue weighted by Gasteiger charge is -2.18. The van der Waals surface area contributed by atoms with E-state index in [1.165, 1.54) is 4.31 Å². The smallest absolute Gasteiger partial charge is 0.254 e. The van der Waals surface area contributed by atoms with Crippen LogP contribution < -0.4 is 0 Å². The predicted molar refractivity (Wildman–Crippen MR) is 70.2 cm³/mol. The van der Waals surface area contributed by atoms with Crippen molar-refractivity contribution >= 4 is 33.0 Å². The van der Waals surface area contributed by atoms with E-state index in [0.717, 1.165) is 11.3 Å². The van der Waals surface area contributed by atoms with Gasteiger partial charge in [0.25, 0.3) is 10.0 Å². The molecule has 0 atom stereocenters. The molecule has 0 aliphatic heterocycles. The molecule has 0 aliphatic rings. The molecule has 0 bridgehead atoms. The molecule has 0 N–H and O–H groups in total. The quantitative estimate of drug-likeness (QED) is 0.822. The zero-order valence-electron chi connectivity index (χ0n) is 10.3. The fourth-order valence-electron chi connectivity index (χ4n) is 1.19. The molecule has 0 amide bonds. The summed E-state index contributed by atoms with van der Waals surface area (Å²) >= 11 is 6.72. The summed E-state index contributed by atoms with van der Waals surface area (Å²) in [5.74, 6) is 0. The molecule has 0 unspecified atom stereocenters. The maximum absolute atomic E-state index is 12.2. The maximum atomic E-state index is 12.2. The predicted octanol–water partition coefficient (Wildman–Crippen LogP) is 1.29. The van der Waals surface area contributed by atoms with Crippen molar-refractivity contribution in [1.82, 2.24) is 14.2 Å². The van der Waals surface area contributed by atoms with Crippen LogP contribution in [0.4, 0.5) is 0 Å². The second-order valence-electron chi connectivity index (χ2n) is 3.97. The van der Waals surface area contributed by atoms with Crippen molar-refractivity contribution < 1.29 is 8.42 Å². The van der Waals surface area contributed by atoms with E-state index in [1.807, 2.05) is 19.0 Å². The van der Waals surface area contributed by atoms with Crippen LogP contribution in [0, 0.1) is 6.92 Å². The molecule has 5 nitrogen and oxygen atoms in total. The van der Waals surface area contributed by atoms with Gasteiger partial charge in [-0.05, 0) is 21.0 Å². The van der Waals surface area contributed by atoms with Crippen molar-refractivity contribution in [2.75, 3.05) is 34.2 Å². The third-order valence-corrected chi connectivity index (χ3v) is 5.94. The third-order valence-electron chi connectivity index (χ3n) is 2.23. The summed E-state index contributed by atoms with van der Waals surface area (Å²) in [6, 6.07) is 0. The molecule has 0 radical (unpaired) electrons. The minimum Gasteiger partial charge on any atom is -0.308 e. The largest absolute Gasteiger partial charge is 0.308 e. The Morgan fingerprint density at radius 3 is 2.29 bits per heavy atom. The molecule has 0 aromatic carbocycles. The molecule has 1 rings (SSSR count). The first-order valence-corrected chi connectivity index (χ1v) is 7.62. The Kier molecular flexibility index (Phi) is 4.91. The number of hydrogen-bond acceptors (Lipinski definition) is 5. The van der Waals surface area contributed by atoms with E-state index in [2.05, 4.69) is 4.98 Å². The van der Waals surface area contributed by atoms with Gasteiger partial charge in [-0.3, -0.25) is 0 Å². The Labute approximate surface area is 111 Å². The zero-order chi connectivity index (χ0) is 13.2. The minimum absolute atomic E-state index is 0.226. The first-order valence-electron chi connectivity index (χ1n) is 4.99. The number of nitrogens with zero attached hydrogens (tertiary/aromatic N) is 3. The topological polar surface area (TPSA) is 53.5 Å². The summed E-state index contributed by atoms with van der Waals surface area (Å²) in [5, 5.41) is 0. The average Bonchev–Trinajstić information content (AvgIpc) is 2.54. The van der Waals surface area contributed by atoms with Crippen LogP contribution in [0.3, 0.4) is 0 Å². The Morgan fingerprint density at radius 2 is 1.88 bits per heavy atom. The number of hydrogen-bond donors (Lipinski definition) is 0. The van der Waals surface area contributed by atoms with Gasteiger partial charge in [-0.25, -0.2) is 13.4 Å². The molecular formula is C9H16ClN3O2S2. The second kappa shape index (κ2) is 5.62. The third kappa shape index (κ3) is 3.62. The number of likely N-dealkylation sites (N-methyl/N-ethyl adjacent to an activating group) is 2. The van der Waals surface area contributed by atoms with E-state index >= 15 is 0 Å².